The molecule has 1 atom stereocenters. The highest BCUT2D eigenvalue weighted by Gasteiger charge is 2.24. The van der Waals surface area contributed by atoms with Crippen LogP contribution in [0.5, 0.6) is 5.75 Å². The normalized spacial score (nSPS) is 15.8. The number of pyridine rings is 1. The molecule has 0 saturated heterocycles. The third kappa shape index (κ3) is 4.56. The number of hydrogen-bond acceptors (Lipinski definition) is 3. The smallest absolute Gasteiger partial charge is 0.261 e. The van der Waals surface area contributed by atoms with Crippen molar-refractivity contribution >= 4 is 5.91 Å². The second-order valence-corrected chi connectivity index (χ2v) is 6.42. The van der Waals surface area contributed by atoms with Crippen LogP contribution < -0.4 is 10.1 Å². The first-order chi connectivity index (χ1) is 12.2. The average molecular weight is 342 g/mol. The van der Waals surface area contributed by atoms with Gasteiger partial charge in [0.2, 0.25) is 0 Å². The average Bonchev–Trinajstić information content (AvgIpc) is 3.13. The van der Waals surface area contributed by atoms with E-state index in [9.17, 15) is 9.18 Å². The van der Waals surface area contributed by atoms with Crippen LogP contribution >= 0.6 is 0 Å². The van der Waals surface area contributed by atoms with Crippen LogP contribution in [0.1, 0.15) is 39.0 Å². The van der Waals surface area contributed by atoms with E-state index in [1.165, 1.54) is 12.1 Å². The fraction of sp³-hybridized carbons (Fsp3) is 0.400. The van der Waals surface area contributed by atoms with Gasteiger partial charge in [-0.05, 0) is 54.7 Å². The predicted octanol–water partition coefficient (Wildman–Crippen LogP) is 4.10. The van der Waals surface area contributed by atoms with Gasteiger partial charge in [0.25, 0.3) is 5.91 Å². The van der Waals surface area contributed by atoms with E-state index < -0.39 is 11.9 Å². The first-order valence-corrected chi connectivity index (χ1v) is 8.83. The molecule has 2 aromatic rings. The first-order valence-electron chi connectivity index (χ1n) is 8.83. The minimum absolute atomic E-state index is 0.121. The van der Waals surface area contributed by atoms with Crippen molar-refractivity contribution in [2.24, 2.45) is 0 Å². The summed E-state index contributed by atoms with van der Waals surface area (Å²) in [5.74, 6) is -0.153. The van der Waals surface area contributed by atoms with Crippen LogP contribution in [0, 0.1) is 5.82 Å². The maximum Gasteiger partial charge on any atom is 0.261 e. The molecule has 3 rings (SSSR count). The van der Waals surface area contributed by atoms with Crippen LogP contribution in [-0.4, -0.2) is 23.0 Å². The number of ether oxygens (including phenoxy) is 1. The van der Waals surface area contributed by atoms with Gasteiger partial charge in [-0.2, -0.15) is 0 Å². The van der Waals surface area contributed by atoms with Gasteiger partial charge in [0, 0.05) is 24.5 Å². The van der Waals surface area contributed by atoms with Crippen LogP contribution in [0.25, 0.3) is 11.1 Å². The lowest BCUT2D eigenvalue weighted by molar-refractivity contribution is -0.128. The molecule has 5 heteroatoms. The van der Waals surface area contributed by atoms with Gasteiger partial charge in [0.05, 0.1) is 0 Å². The largest absolute Gasteiger partial charge is 0.480 e. The molecule has 4 nitrogen and oxygen atoms in total. The van der Waals surface area contributed by atoms with Crippen LogP contribution in [0.2, 0.25) is 0 Å². The Labute approximate surface area is 147 Å². The van der Waals surface area contributed by atoms with Gasteiger partial charge in [-0.3, -0.25) is 9.78 Å². The Morgan fingerprint density at radius 1 is 1.24 bits per heavy atom. The molecule has 0 spiro atoms. The topological polar surface area (TPSA) is 51.2 Å². The quantitative estimate of drug-likeness (QED) is 0.860. The van der Waals surface area contributed by atoms with Gasteiger partial charge in [-0.15, -0.1) is 0 Å². The van der Waals surface area contributed by atoms with E-state index >= 15 is 0 Å². The zero-order valence-electron chi connectivity index (χ0n) is 14.4. The molecule has 1 fully saturated rings. The maximum absolute atomic E-state index is 14.0. The molecular formula is C20H23FN2O2. The summed E-state index contributed by atoms with van der Waals surface area (Å²) in [6.07, 6.45) is 7.58. The van der Waals surface area contributed by atoms with Crippen molar-refractivity contribution in [2.45, 2.75) is 51.2 Å². The number of benzene rings is 1. The zero-order chi connectivity index (χ0) is 17.6. The van der Waals surface area contributed by atoms with Crippen LogP contribution in [0.3, 0.4) is 0 Å². The van der Waals surface area contributed by atoms with Gasteiger partial charge in [0.1, 0.15) is 11.6 Å². The highest BCUT2D eigenvalue weighted by atomic mass is 19.1. The van der Waals surface area contributed by atoms with E-state index in [1.54, 1.807) is 18.5 Å². The number of carbonyl (C=O) groups is 1. The van der Waals surface area contributed by atoms with Crippen molar-refractivity contribution in [2.75, 3.05) is 0 Å². The predicted molar refractivity (Wildman–Crippen MR) is 94.7 cm³/mol. The Bertz CT molecular complexity index is 715. The Hall–Kier alpha value is -2.43. The number of aromatic nitrogens is 1. The van der Waals surface area contributed by atoms with E-state index in [0.717, 1.165) is 31.2 Å². The number of amides is 1. The molecule has 25 heavy (non-hydrogen) atoms. The molecule has 0 bridgehead atoms. The first kappa shape index (κ1) is 17.4. The zero-order valence-corrected chi connectivity index (χ0v) is 14.4. The van der Waals surface area contributed by atoms with Gasteiger partial charge in [0.15, 0.2) is 6.10 Å². The Morgan fingerprint density at radius 2 is 1.96 bits per heavy atom. The summed E-state index contributed by atoms with van der Waals surface area (Å²) >= 11 is 0. The van der Waals surface area contributed by atoms with E-state index in [2.05, 4.69) is 10.3 Å². The summed E-state index contributed by atoms with van der Waals surface area (Å²) in [5.41, 5.74) is 1.55. The van der Waals surface area contributed by atoms with Crippen molar-refractivity contribution < 1.29 is 13.9 Å². The summed E-state index contributed by atoms with van der Waals surface area (Å²) in [6, 6.07) is 8.37. The Morgan fingerprint density at radius 3 is 2.64 bits per heavy atom. The summed E-state index contributed by atoms with van der Waals surface area (Å²) in [7, 11) is 0. The van der Waals surface area contributed by atoms with Gasteiger partial charge in [-0.1, -0.05) is 19.8 Å². The fourth-order valence-electron chi connectivity index (χ4n) is 3.19. The molecule has 1 aliphatic rings. The van der Waals surface area contributed by atoms with Crippen LogP contribution in [0.4, 0.5) is 4.39 Å². The molecule has 1 amide bonds. The van der Waals surface area contributed by atoms with Crippen molar-refractivity contribution in [3.05, 3.63) is 48.5 Å². The number of nitrogens with zero attached hydrogens (tertiary/aromatic N) is 1. The second kappa shape index (κ2) is 8.10. The lowest BCUT2D eigenvalue weighted by Crippen LogP contribution is -2.42. The Balaban J connectivity index is 1.74. The third-order valence-corrected chi connectivity index (χ3v) is 4.53. The number of halogens is 1. The van der Waals surface area contributed by atoms with Gasteiger partial charge < -0.3 is 10.1 Å². The van der Waals surface area contributed by atoms with Crippen molar-refractivity contribution in [3.63, 3.8) is 0 Å². The number of rotatable bonds is 6. The van der Waals surface area contributed by atoms with E-state index in [4.69, 9.17) is 4.74 Å². The fourth-order valence-corrected chi connectivity index (χ4v) is 3.19. The third-order valence-electron chi connectivity index (χ3n) is 4.53. The molecule has 0 radical (unpaired) electrons. The van der Waals surface area contributed by atoms with Gasteiger partial charge in [-0.25, -0.2) is 4.39 Å². The molecule has 1 aliphatic carbocycles. The molecular weight excluding hydrogens is 319 g/mol. The summed E-state index contributed by atoms with van der Waals surface area (Å²) in [6.45, 7) is 1.89. The Kier molecular flexibility index (Phi) is 5.64. The van der Waals surface area contributed by atoms with Crippen molar-refractivity contribution in [1.82, 2.24) is 10.3 Å². The molecule has 1 aromatic carbocycles. The maximum atomic E-state index is 14.0. The minimum Gasteiger partial charge on any atom is -0.480 e. The van der Waals surface area contributed by atoms with Gasteiger partial charge >= 0.3 is 0 Å². The summed E-state index contributed by atoms with van der Waals surface area (Å²) in [5, 5.41) is 3.05. The monoisotopic (exact) mass is 342 g/mol. The lowest BCUT2D eigenvalue weighted by atomic mass is 10.1. The molecule has 1 N–H and O–H groups in total. The summed E-state index contributed by atoms with van der Waals surface area (Å²) < 4.78 is 19.8. The van der Waals surface area contributed by atoms with Crippen LogP contribution in [0.15, 0.2) is 42.7 Å². The SMILES string of the molecule is CCC(Oc1cc(F)cc(-c2ccncc2)c1)C(=O)NC1CCCC1. The highest BCUT2D eigenvalue weighted by Crippen LogP contribution is 2.26. The summed E-state index contributed by atoms with van der Waals surface area (Å²) in [4.78, 5) is 16.4. The standard InChI is InChI=1S/C20H23FN2O2/c1-2-19(20(24)23-17-5-3-4-6-17)25-18-12-15(11-16(21)13-18)14-7-9-22-10-8-14/h7-13,17,19H,2-6H2,1H3,(H,23,24). The number of carbonyl (C=O) groups excluding carboxylic acids is 1. The molecule has 1 aromatic heterocycles. The molecule has 0 aliphatic heterocycles. The lowest BCUT2D eigenvalue weighted by Gasteiger charge is -2.20. The number of nitrogens with one attached hydrogen (secondary N) is 1. The van der Waals surface area contributed by atoms with E-state index in [-0.39, 0.29) is 11.9 Å². The van der Waals surface area contributed by atoms with E-state index in [0.29, 0.717) is 17.7 Å². The van der Waals surface area contributed by atoms with Crippen molar-refractivity contribution in [3.8, 4) is 16.9 Å². The van der Waals surface area contributed by atoms with Crippen molar-refractivity contribution in [1.29, 1.82) is 0 Å². The van der Waals surface area contributed by atoms with E-state index in [1.807, 2.05) is 19.1 Å². The molecule has 1 heterocycles. The highest BCUT2D eigenvalue weighted by molar-refractivity contribution is 5.81. The minimum atomic E-state index is -0.618. The second-order valence-electron chi connectivity index (χ2n) is 6.42. The molecule has 132 valence electrons. The number of hydrogen-bond donors (Lipinski definition) is 1. The van der Waals surface area contributed by atoms with Crippen LogP contribution in [-0.2, 0) is 4.79 Å². The molecule has 1 unspecified atom stereocenters. The molecule has 1 saturated carbocycles.